The van der Waals surface area contributed by atoms with E-state index in [4.69, 9.17) is 4.74 Å². The molecule has 0 radical (unpaired) electrons. The predicted molar refractivity (Wildman–Crippen MR) is 78.9 cm³/mol. The van der Waals surface area contributed by atoms with Crippen molar-refractivity contribution in [3.63, 3.8) is 0 Å². The molecule has 0 bridgehead atoms. The lowest BCUT2D eigenvalue weighted by molar-refractivity contribution is 0.178. The number of hydrogen-bond acceptors (Lipinski definition) is 5. The van der Waals surface area contributed by atoms with Crippen LogP contribution in [0.25, 0.3) is 10.2 Å². The highest BCUT2D eigenvalue weighted by Gasteiger charge is 2.22. The first-order chi connectivity index (χ1) is 9.33. The Morgan fingerprint density at radius 1 is 1.32 bits per heavy atom. The van der Waals surface area contributed by atoms with Gasteiger partial charge in [-0.05, 0) is 31.2 Å². The van der Waals surface area contributed by atoms with Crippen LogP contribution in [0.4, 0.5) is 5.82 Å². The number of nitrogens with one attached hydrogen (secondary N) is 1. The van der Waals surface area contributed by atoms with Gasteiger partial charge in [0, 0.05) is 18.5 Å². The van der Waals surface area contributed by atoms with E-state index >= 15 is 0 Å². The number of nitrogens with zero attached hydrogens (tertiary/aromatic N) is 2. The molecular weight excluding hydrogens is 258 g/mol. The third-order valence-corrected chi connectivity index (χ3v) is 4.61. The zero-order valence-corrected chi connectivity index (χ0v) is 12.3. The van der Waals surface area contributed by atoms with Gasteiger partial charge in [-0.2, -0.15) is 0 Å². The molecule has 3 rings (SSSR count). The fourth-order valence-corrected chi connectivity index (χ4v) is 3.89. The van der Waals surface area contributed by atoms with E-state index in [1.54, 1.807) is 7.11 Å². The minimum atomic E-state index is 0.472. The second-order valence-corrected chi connectivity index (χ2v) is 5.97. The molecule has 102 valence electrons. The van der Waals surface area contributed by atoms with Gasteiger partial charge in [-0.3, -0.25) is 0 Å². The summed E-state index contributed by atoms with van der Waals surface area (Å²) in [5.74, 6) is 1.77. The van der Waals surface area contributed by atoms with Crippen molar-refractivity contribution in [1.29, 1.82) is 0 Å². The Balaban J connectivity index is 2.11. The van der Waals surface area contributed by atoms with Gasteiger partial charge in [0.05, 0.1) is 5.39 Å². The predicted octanol–water partition coefficient (Wildman–Crippen LogP) is 3.15. The van der Waals surface area contributed by atoms with Gasteiger partial charge in [-0.15, -0.1) is 11.3 Å². The van der Waals surface area contributed by atoms with Gasteiger partial charge in [0.15, 0.2) is 5.82 Å². The number of hydrogen-bond donors (Lipinski definition) is 1. The van der Waals surface area contributed by atoms with Crippen LogP contribution < -0.4 is 5.32 Å². The third kappa shape index (κ3) is 2.32. The van der Waals surface area contributed by atoms with Crippen molar-refractivity contribution in [2.45, 2.75) is 39.2 Å². The highest BCUT2D eigenvalue weighted by molar-refractivity contribution is 7.19. The first kappa shape index (κ1) is 12.8. The molecule has 0 saturated heterocycles. The van der Waals surface area contributed by atoms with Crippen molar-refractivity contribution >= 4 is 27.4 Å². The smallest absolute Gasteiger partial charge is 0.158 e. The number of methoxy groups -OCH3 is 1. The Bertz CT molecular complexity index is 594. The maximum Gasteiger partial charge on any atom is 0.158 e. The topological polar surface area (TPSA) is 47.0 Å². The van der Waals surface area contributed by atoms with Gasteiger partial charge < -0.3 is 10.1 Å². The summed E-state index contributed by atoms with van der Waals surface area (Å²) in [6, 6.07) is 0. The minimum absolute atomic E-state index is 0.472. The average molecular weight is 277 g/mol. The summed E-state index contributed by atoms with van der Waals surface area (Å²) < 4.78 is 5.17. The van der Waals surface area contributed by atoms with Crippen LogP contribution >= 0.6 is 11.3 Å². The summed E-state index contributed by atoms with van der Waals surface area (Å²) >= 11 is 1.83. The maximum atomic E-state index is 5.17. The summed E-state index contributed by atoms with van der Waals surface area (Å²) in [4.78, 5) is 11.9. The lowest BCUT2D eigenvalue weighted by Gasteiger charge is -2.08. The summed E-state index contributed by atoms with van der Waals surface area (Å²) in [5, 5.41) is 4.71. The number of ether oxygens (including phenoxy) is 1. The van der Waals surface area contributed by atoms with Gasteiger partial charge in [0.25, 0.3) is 0 Å². The summed E-state index contributed by atoms with van der Waals surface area (Å²) in [7, 11) is 1.68. The van der Waals surface area contributed by atoms with Gasteiger partial charge >= 0.3 is 0 Å². The summed E-state index contributed by atoms with van der Waals surface area (Å²) in [5.41, 5.74) is 1.47. The molecule has 1 aliphatic carbocycles. The summed E-state index contributed by atoms with van der Waals surface area (Å²) in [6.07, 6.45) is 4.73. The highest BCUT2D eigenvalue weighted by atomic mass is 32.1. The molecule has 2 aromatic rings. The largest absolute Gasteiger partial charge is 0.377 e. The van der Waals surface area contributed by atoms with Crippen LogP contribution in [0.15, 0.2) is 0 Å². The van der Waals surface area contributed by atoms with Gasteiger partial charge in [0.1, 0.15) is 17.3 Å². The van der Waals surface area contributed by atoms with E-state index in [0.29, 0.717) is 6.61 Å². The first-order valence-corrected chi connectivity index (χ1v) is 7.69. The molecule has 0 atom stereocenters. The molecule has 0 spiro atoms. The molecular formula is C14H19N3OS. The van der Waals surface area contributed by atoms with E-state index in [0.717, 1.165) is 29.4 Å². The SMILES string of the molecule is CCCNc1nc(COC)nc2sc3c(c12)CCC3. The zero-order chi connectivity index (χ0) is 13.2. The lowest BCUT2D eigenvalue weighted by atomic mass is 10.2. The van der Waals surface area contributed by atoms with E-state index in [1.165, 1.54) is 35.1 Å². The lowest BCUT2D eigenvalue weighted by Crippen LogP contribution is -2.06. The van der Waals surface area contributed by atoms with Crippen molar-refractivity contribution in [2.75, 3.05) is 19.0 Å². The van der Waals surface area contributed by atoms with Gasteiger partial charge in [0.2, 0.25) is 0 Å². The normalized spacial score (nSPS) is 14.0. The fraction of sp³-hybridized carbons (Fsp3) is 0.571. The van der Waals surface area contributed by atoms with Crippen molar-refractivity contribution in [3.05, 3.63) is 16.3 Å². The molecule has 5 heteroatoms. The van der Waals surface area contributed by atoms with Gasteiger partial charge in [-0.1, -0.05) is 6.92 Å². The Labute approximate surface area is 117 Å². The molecule has 0 amide bonds. The fourth-order valence-electron chi connectivity index (χ4n) is 2.60. The van der Waals surface area contributed by atoms with Crippen molar-refractivity contribution in [3.8, 4) is 0 Å². The van der Waals surface area contributed by atoms with Crippen LogP contribution in [0.3, 0.4) is 0 Å². The van der Waals surface area contributed by atoms with Crippen LogP contribution in [0.2, 0.25) is 0 Å². The minimum Gasteiger partial charge on any atom is -0.377 e. The molecule has 0 aromatic carbocycles. The van der Waals surface area contributed by atoms with Crippen LogP contribution in [-0.2, 0) is 24.2 Å². The quantitative estimate of drug-likeness (QED) is 0.912. The third-order valence-electron chi connectivity index (χ3n) is 3.43. The Morgan fingerprint density at radius 3 is 3.00 bits per heavy atom. The molecule has 0 unspecified atom stereocenters. The molecule has 0 fully saturated rings. The van der Waals surface area contributed by atoms with E-state index in [1.807, 2.05) is 11.3 Å². The Kier molecular flexibility index (Phi) is 3.66. The molecule has 19 heavy (non-hydrogen) atoms. The number of aromatic nitrogens is 2. The van der Waals surface area contributed by atoms with Crippen LogP contribution in [-0.4, -0.2) is 23.6 Å². The number of thiophene rings is 1. The Hall–Kier alpha value is -1.20. The average Bonchev–Trinajstić information content (AvgIpc) is 2.96. The number of anilines is 1. The van der Waals surface area contributed by atoms with Crippen molar-refractivity contribution in [1.82, 2.24) is 9.97 Å². The number of rotatable bonds is 5. The molecule has 2 heterocycles. The number of fused-ring (bicyclic) bond motifs is 3. The number of aryl methyl sites for hydroxylation is 2. The standard InChI is InChI=1S/C14H19N3OS/c1-3-7-15-13-12-9-5-4-6-10(9)19-14(12)17-11(16-13)8-18-2/h3-8H2,1-2H3,(H,15,16,17). The zero-order valence-electron chi connectivity index (χ0n) is 11.5. The second-order valence-electron chi connectivity index (χ2n) is 4.89. The van der Waals surface area contributed by atoms with Crippen molar-refractivity contribution < 1.29 is 4.74 Å². The molecule has 4 nitrogen and oxygen atoms in total. The van der Waals surface area contributed by atoms with E-state index in [-0.39, 0.29) is 0 Å². The van der Waals surface area contributed by atoms with Crippen LogP contribution in [0.5, 0.6) is 0 Å². The van der Waals surface area contributed by atoms with Crippen molar-refractivity contribution in [2.24, 2.45) is 0 Å². The molecule has 2 aromatic heterocycles. The highest BCUT2D eigenvalue weighted by Crippen LogP contribution is 2.39. The monoisotopic (exact) mass is 277 g/mol. The maximum absolute atomic E-state index is 5.17. The van der Waals surface area contributed by atoms with E-state index < -0.39 is 0 Å². The molecule has 0 saturated carbocycles. The molecule has 0 aliphatic heterocycles. The van der Waals surface area contributed by atoms with Crippen LogP contribution in [0.1, 0.15) is 36.0 Å². The second kappa shape index (κ2) is 5.43. The molecule has 1 aliphatic rings. The van der Waals surface area contributed by atoms with Crippen LogP contribution in [0, 0.1) is 0 Å². The van der Waals surface area contributed by atoms with E-state index in [2.05, 4.69) is 22.2 Å². The van der Waals surface area contributed by atoms with Gasteiger partial charge in [-0.25, -0.2) is 9.97 Å². The first-order valence-electron chi connectivity index (χ1n) is 6.87. The van der Waals surface area contributed by atoms with E-state index in [9.17, 15) is 0 Å². The Morgan fingerprint density at radius 2 is 2.21 bits per heavy atom. The summed E-state index contributed by atoms with van der Waals surface area (Å²) in [6.45, 7) is 3.59. The molecule has 1 N–H and O–H groups in total.